The molecular weight excluding hydrogens is 384 g/mol. The number of hydrogen-bond acceptors (Lipinski definition) is 3. The zero-order valence-corrected chi connectivity index (χ0v) is 15.8. The van der Waals surface area contributed by atoms with Crippen LogP contribution in [0.2, 0.25) is 0 Å². The Morgan fingerprint density at radius 1 is 1.32 bits per heavy atom. The average molecular weight is 405 g/mol. The number of hydrogen-bond donors (Lipinski definition) is 2. The number of urea groups is 1. The molecule has 0 spiro atoms. The number of amides is 2. The minimum Gasteiger partial charge on any atom is -0.504 e. The first-order chi connectivity index (χ1) is 12.0. The van der Waals surface area contributed by atoms with E-state index in [1.54, 1.807) is 12.1 Å². The highest BCUT2D eigenvalue weighted by Crippen LogP contribution is 2.32. The van der Waals surface area contributed by atoms with Crippen LogP contribution >= 0.6 is 15.9 Å². The summed E-state index contributed by atoms with van der Waals surface area (Å²) >= 11 is 3.49. The first kappa shape index (κ1) is 17.6. The molecular formula is C19H21BrN2O3. The predicted octanol–water partition coefficient (Wildman–Crippen LogP) is 4.67. The second-order valence-electron chi connectivity index (χ2n) is 6.28. The second kappa shape index (κ2) is 7.35. The van der Waals surface area contributed by atoms with Crippen molar-refractivity contribution in [3.8, 4) is 11.5 Å². The summed E-state index contributed by atoms with van der Waals surface area (Å²) in [6.07, 6.45) is 2.02. The summed E-state index contributed by atoms with van der Waals surface area (Å²) in [6.45, 7) is 2.47. The molecule has 1 aliphatic rings. The number of phenolic OH excluding ortho intramolecular Hbond substituents is 1. The number of nitrogens with one attached hydrogen (secondary N) is 1. The van der Waals surface area contributed by atoms with E-state index >= 15 is 0 Å². The lowest BCUT2D eigenvalue weighted by Gasteiger charge is -2.23. The van der Waals surface area contributed by atoms with Gasteiger partial charge in [0.2, 0.25) is 0 Å². The number of halogens is 1. The fourth-order valence-corrected chi connectivity index (χ4v) is 3.27. The molecule has 0 saturated heterocycles. The average Bonchev–Trinajstić information content (AvgIpc) is 3.41. The van der Waals surface area contributed by atoms with Crippen molar-refractivity contribution < 1.29 is 14.6 Å². The van der Waals surface area contributed by atoms with E-state index in [1.807, 2.05) is 36.1 Å². The summed E-state index contributed by atoms with van der Waals surface area (Å²) in [5.41, 5.74) is 2.80. The Morgan fingerprint density at radius 3 is 2.72 bits per heavy atom. The Kier molecular flexibility index (Phi) is 5.18. The summed E-state index contributed by atoms with van der Waals surface area (Å²) in [5.74, 6) is 0.507. The van der Waals surface area contributed by atoms with Gasteiger partial charge in [-0.15, -0.1) is 0 Å². The SMILES string of the molecule is COc1cc(CN(C(=O)Nc2ccc(C)cc2Br)C2CC2)ccc1O. The largest absolute Gasteiger partial charge is 0.504 e. The van der Waals surface area contributed by atoms with Crippen molar-refractivity contribution >= 4 is 27.6 Å². The first-order valence-corrected chi connectivity index (χ1v) is 8.97. The third-order valence-electron chi connectivity index (χ3n) is 4.21. The quantitative estimate of drug-likeness (QED) is 0.760. The van der Waals surface area contributed by atoms with E-state index in [4.69, 9.17) is 4.74 Å². The van der Waals surface area contributed by atoms with Crippen LogP contribution in [0.25, 0.3) is 0 Å². The Morgan fingerprint density at radius 2 is 2.08 bits per heavy atom. The Bertz CT molecular complexity index is 790. The van der Waals surface area contributed by atoms with Gasteiger partial charge >= 0.3 is 6.03 Å². The number of aryl methyl sites for hydroxylation is 1. The van der Waals surface area contributed by atoms with Gasteiger partial charge in [-0.25, -0.2) is 4.79 Å². The van der Waals surface area contributed by atoms with E-state index in [0.29, 0.717) is 12.3 Å². The van der Waals surface area contributed by atoms with Gasteiger partial charge in [-0.2, -0.15) is 0 Å². The highest BCUT2D eigenvalue weighted by Gasteiger charge is 2.33. The van der Waals surface area contributed by atoms with Crippen molar-refractivity contribution in [3.63, 3.8) is 0 Å². The molecule has 0 aromatic heterocycles. The number of rotatable bonds is 5. The minimum absolute atomic E-state index is 0.0947. The van der Waals surface area contributed by atoms with Gasteiger partial charge in [-0.1, -0.05) is 12.1 Å². The van der Waals surface area contributed by atoms with Gasteiger partial charge in [0.25, 0.3) is 0 Å². The lowest BCUT2D eigenvalue weighted by Crippen LogP contribution is -2.36. The van der Waals surface area contributed by atoms with Crippen LogP contribution in [0, 0.1) is 6.92 Å². The number of aromatic hydroxyl groups is 1. The first-order valence-electron chi connectivity index (χ1n) is 8.17. The molecule has 6 heteroatoms. The van der Waals surface area contributed by atoms with Gasteiger partial charge in [0.05, 0.1) is 12.8 Å². The Labute approximate surface area is 155 Å². The summed E-state index contributed by atoms with van der Waals surface area (Å²) in [6, 6.07) is 11.1. The molecule has 1 fully saturated rings. The van der Waals surface area contributed by atoms with Crippen LogP contribution in [0.1, 0.15) is 24.0 Å². The van der Waals surface area contributed by atoms with Crippen LogP contribution in [0.15, 0.2) is 40.9 Å². The van der Waals surface area contributed by atoms with Gasteiger partial charge in [-0.3, -0.25) is 0 Å². The van der Waals surface area contributed by atoms with E-state index in [0.717, 1.165) is 34.1 Å². The topological polar surface area (TPSA) is 61.8 Å². The summed E-state index contributed by atoms with van der Waals surface area (Å²) in [7, 11) is 1.51. The number of methoxy groups -OCH3 is 1. The number of nitrogens with zero attached hydrogens (tertiary/aromatic N) is 1. The monoisotopic (exact) mass is 404 g/mol. The maximum atomic E-state index is 12.8. The molecule has 3 rings (SSSR count). The Hall–Kier alpha value is -2.21. The lowest BCUT2D eigenvalue weighted by atomic mass is 10.2. The third-order valence-corrected chi connectivity index (χ3v) is 4.87. The second-order valence-corrected chi connectivity index (χ2v) is 7.13. The van der Waals surface area contributed by atoms with Crippen LogP contribution in [0.4, 0.5) is 10.5 Å². The molecule has 2 aromatic carbocycles. The van der Waals surface area contributed by atoms with E-state index in [-0.39, 0.29) is 17.8 Å². The number of anilines is 1. The van der Waals surface area contributed by atoms with Crippen LogP contribution in [-0.2, 0) is 6.54 Å². The van der Waals surface area contributed by atoms with E-state index in [1.165, 1.54) is 7.11 Å². The molecule has 25 heavy (non-hydrogen) atoms. The van der Waals surface area contributed by atoms with Gasteiger partial charge < -0.3 is 20.1 Å². The van der Waals surface area contributed by atoms with Gasteiger partial charge in [0.1, 0.15) is 0 Å². The third kappa shape index (κ3) is 4.25. The molecule has 2 amide bonds. The molecule has 0 bridgehead atoms. The molecule has 1 aliphatic carbocycles. The van der Waals surface area contributed by atoms with Crippen LogP contribution in [-0.4, -0.2) is 29.2 Å². The maximum absolute atomic E-state index is 12.8. The van der Waals surface area contributed by atoms with Crippen molar-refractivity contribution in [2.24, 2.45) is 0 Å². The standard InChI is InChI=1S/C19H21BrN2O3/c1-12-3-7-16(15(20)9-12)21-19(24)22(14-5-6-14)11-13-4-8-17(23)18(10-13)25-2/h3-4,7-10,14,23H,5-6,11H2,1-2H3,(H,21,24). The smallest absolute Gasteiger partial charge is 0.322 e. The number of carbonyl (C=O) groups is 1. The summed E-state index contributed by atoms with van der Waals surface area (Å²) in [4.78, 5) is 14.6. The molecule has 1 saturated carbocycles. The van der Waals surface area contributed by atoms with Gasteiger partial charge in [-0.05, 0) is 71.1 Å². The van der Waals surface area contributed by atoms with Crippen molar-refractivity contribution in [2.45, 2.75) is 32.4 Å². The number of carbonyl (C=O) groups excluding carboxylic acids is 1. The normalized spacial score (nSPS) is 13.4. The molecule has 0 aliphatic heterocycles. The molecule has 2 N–H and O–H groups in total. The van der Waals surface area contributed by atoms with Crippen molar-refractivity contribution in [1.29, 1.82) is 0 Å². The van der Waals surface area contributed by atoms with Crippen molar-refractivity contribution in [2.75, 3.05) is 12.4 Å². The molecule has 132 valence electrons. The van der Waals surface area contributed by atoms with Gasteiger partial charge in [0, 0.05) is 17.1 Å². The predicted molar refractivity (Wildman–Crippen MR) is 101 cm³/mol. The fourth-order valence-electron chi connectivity index (χ4n) is 2.68. The molecule has 5 nitrogen and oxygen atoms in total. The maximum Gasteiger partial charge on any atom is 0.322 e. The Balaban J connectivity index is 1.75. The van der Waals surface area contributed by atoms with Gasteiger partial charge in [0.15, 0.2) is 11.5 Å². The van der Waals surface area contributed by atoms with Crippen molar-refractivity contribution in [3.05, 3.63) is 52.0 Å². The molecule has 0 radical (unpaired) electrons. The van der Waals surface area contributed by atoms with Crippen molar-refractivity contribution in [1.82, 2.24) is 4.90 Å². The van der Waals surface area contributed by atoms with Crippen LogP contribution in [0.5, 0.6) is 11.5 Å². The molecule has 0 unspecified atom stereocenters. The highest BCUT2D eigenvalue weighted by atomic mass is 79.9. The number of benzene rings is 2. The highest BCUT2D eigenvalue weighted by molar-refractivity contribution is 9.10. The van der Waals surface area contributed by atoms with E-state index < -0.39 is 0 Å². The number of phenols is 1. The summed E-state index contributed by atoms with van der Waals surface area (Å²) < 4.78 is 6.01. The lowest BCUT2D eigenvalue weighted by molar-refractivity contribution is 0.206. The minimum atomic E-state index is -0.126. The summed E-state index contributed by atoms with van der Waals surface area (Å²) in [5, 5.41) is 12.7. The van der Waals surface area contributed by atoms with E-state index in [9.17, 15) is 9.90 Å². The van der Waals surface area contributed by atoms with E-state index in [2.05, 4.69) is 21.2 Å². The molecule has 0 heterocycles. The van der Waals surface area contributed by atoms with Crippen LogP contribution < -0.4 is 10.1 Å². The van der Waals surface area contributed by atoms with Crippen LogP contribution in [0.3, 0.4) is 0 Å². The zero-order valence-electron chi connectivity index (χ0n) is 14.3. The molecule has 0 atom stereocenters. The molecule has 2 aromatic rings. The zero-order chi connectivity index (χ0) is 18.0. The number of ether oxygens (including phenoxy) is 1. The fraction of sp³-hybridized carbons (Fsp3) is 0.316.